The average Bonchev–Trinajstić information content (AvgIpc) is 1.51. The Bertz CT molecular complexity index is 3730. The molecule has 2 unspecified atom stereocenters. The summed E-state index contributed by atoms with van der Waals surface area (Å²) in [6.45, 7) is 4.16. The number of fused-ring (bicyclic) bond motifs is 5. The van der Waals surface area contributed by atoms with Crippen LogP contribution in [0.15, 0.2) is 158 Å². The Kier molecular flexibility index (Phi) is 20.1. The Morgan fingerprint density at radius 2 is 0.826 bits per heavy atom. The molecule has 0 saturated carbocycles. The molecule has 2 atom stereocenters. The number of rotatable bonds is 30. The van der Waals surface area contributed by atoms with E-state index in [1.165, 1.54) is 11.1 Å². The second-order valence-corrected chi connectivity index (χ2v) is 23.9. The van der Waals surface area contributed by atoms with E-state index >= 15 is 0 Å². The van der Waals surface area contributed by atoms with Crippen LogP contribution in [0.1, 0.15) is 66.4 Å². The number of ether oxygens (including phenoxy) is 8. The van der Waals surface area contributed by atoms with Gasteiger partial charge in [-0.1, -0.05) is 72.8 Å². The highest BCUT2D eigenvalue weighted by Crippen LogP contribution is 2.59. The van der Waals surface area contributed by atoms with Gasteiger partial charge in [-0.2, -0.15) is 0 Å². The van der Waals surface area contributed by atoms with Crippen LogP contribution in [0.5, 0.6) is 11.5 Å². The first-order chi connectivity index (χ1) is 44.7. The van der Waals surface area contributed by atoms with E-state index < -0.39 is 11.4 Å². The van der Waals surface area contributed by atoms with Crippen molar-refractivity contribution in [3.8, 4) is 44.9 Å². The third-order valence-electron chi connectivity index (χ3n) is 17.9. The van der Waals surface area contributed by atoms with Crippen molar-refractivity contribution in [3.63, 3.8) is 0 Å². The van der Waals surface area contributed by atoms with Crippen molar-refractivity contribution in [2.45, 2.75) is 17.7 Å². The maximum Gasteiger partial charge on any atom is 0.339 e. The molecule has 17 nitrogen and oxygen atoms in total. The Balaban J connectivity index is 1.04. The van der Waals surface area contributed by atoms with Crippen molar-refractivity contribution in [3.05, 3.63) is 202 Å². The Morgan fingerprint density at radius 1 is 0.446 bits per heavy atom. The molecule has 17 heteroatoms. The predicted molar refractivity (Wildman–Crippen MR) is 366 cm³/mol. The van der Waals surface area contributed by atoms with Crippen molar-refractivity contribution >= 4 is 46.4 Å². The molecule has 480 valence electrons. The van der Waals surface area contributed by atoms with E-state index in [0.717, 1.165) is 90.5 Å². The standard InChI is InChI=1S/C75H84N6O11/c1-76(2)59-21-11-50(12-22-59)72-78(5)66-27-17-54(46-68(66)80(72)7)52-15-25-61-62-26-16-53(55-18-28-67-69(47-55)81(8)73(79(67)6)51-13-23-60(24-14-51)77(3)4)45-65(62)75(64(61)44-52,57-19-29-70(56(43-57)49-82)91-41-39-89-37-35-87-33-31-85-9)58-20-30-71(63(48-58)74(83)84)92-42-40-90-38-36-88-34-32-86-10/h11-30,43-49,72-73H,31-42H2,1-10H3,(H,83,84). The number of aromatic carboxylic acids is 1. The van der Waals surface area contributed by atoms with Crippen LogP contribution in [-0.4, -0.2) is 167 Å². The van der Waals surface area contributed by atoms with E-state index in [1.807, 2.05) is 52.5 Å². The number of carboxylic acid groups (broad SMARTS) is 1. The van der Waals surface area contributed by atoms with Crippen LogP contribution in [0.25, 0.3) is 33.4 Å². The molecule has 0 saturated heterocycles. The minimum atomic E-state index is -1.25. The van der Waals surface area contributed by atoms with Crippen LogP contribution < -0.4 is 38.9 Å². The highest BCUT2D eigenvalue weighted by Gasteiger charge is 2.48. The largest absolute Gasteiger partial charge is 0.490 e. The lowest BCUT2D eigenvalue weighted by atomic mass is 9.66. The maximum absolute atomic E-state index is 13.8. The summed E-state index contributed by atoms with van der Waals surface area (Å²) in [6.07, 6.45) is 0.748. The van der Waals surface area contributed by atoms with E-state index in [2.05, 4.69) is 179 Å². The normalized spacial score (nSPS) is 16.2. The molecule has 8 aromatic rings. The zero-order valence-electron chi connectivity index (χ0n) is 54.4. The molecule has 0 amide bonds. The van der Waals surface area contributed by atoms with E-state index in [-0.39, 0.29) is 50.1 Å². The molecule has 11 rings (SSSR count). The molecule has 1 aliphatic carbocycles. The third kappa shape index (κ3) is 12.9. The highest BCUT2D eigenvalue weighted by molar-refractivity contribution is 5.95. The lowest BCUT2D eigenvalue weighted by Gasteiger charge is -2.35. The molecule has 0 radical (unpaired) electrons. The zero-order chi connectivity index (χ0) is 64.6. The van der Waals surface area contributed by atoms with Crippen LogP contribution in [-0.2, 0) is 33.8 Å². The Hall–Kier alpha value is -8.94. The van der Waals surface area contributed by atoms with Gasteiger partial charge in [-0.25, -0.2) is 4.79 Å². The Labute approximate surface area is 540 Å². The predicted octanol–water partition coefficient (Wildman–Crippen LogP) is 12.3. The average molecular weight is 1250 g/mol. The summed E-state index contributed by atoms with van der Waals surface area (Å²) in [7, 11) is 20.0. The fraction of sp³-hybridized carbons (Fsp3) is 0.333. The van der Waals surface area contributed by atoms with Crippen molar-refractivity contribution < 1.29 is 52.6 Å². The summed E-state index contributed by atoms with van der Waals surface area (Å²) >= 11 is 0. The molecule has 0 spiro atoms. The van der Waals surface area contributed by atoms with Gasteiger partial charge in [-0.05, 0) is 152 Å². The van der Waals surface area contributed by atoms with Crippen LogP contribution in [0, 0.1) is 0 Å². The van der Waals surface area contributed by atoms with Crippen molar-refractivity contribution in [2.75, 3.05) is 179 Å². The number of nitrogens with zero attached hydrogens (tertiary/aromatic N) is 6. The van der Waals surface area contributed by atoms with Crippen molar-refractivity contribution in [2.24, 2.45) is 0 Å². The summed E-state index contributed by atoms with van der Waals surface area (Å²) in [5.74, 6) is -0.585. The first-order valence-electron chi connectivity index (χ1n) is 31.2. The van der Waals surface area contributed by atoms with Crippen LogP contribution >= 0.6 is 0 Å². The number of hydrogen-bond acceptors (Lipinski definition) is 16. The summed E-state index contributed by atoms with van der Waals surface area (Å²) in [4.78, 5) is 40.9. The van der Waals surface area contributed by atoms with Gasteiger partial charge in [0, 0.05) is 82.0 Å². The summed E-state index contributed by atoms with van der Waals surface area (Å²) < 4.78 is 45.6. The molecule has 2 aliphatic heterocycles. The molecule has 0 bridgehead atoms. The number of methoxy groups -OCH3 is 2. The second kappa shape index (κ2) is 28.7. The van der Waals surface area contributed by atoms with Gasteiger partial charge in [0.2, 0.25) is 0 Å². The van der Waals surface area contributed by atoms with Gasteiger partial charge in [0.05, 0.1) is 99.8 Å². The molecule has 1 N–H and O–H groups in total. The minimum absolute atomic E-state index is 0.0277. The number of anilines is 6. The molecule has 0 fully saturated rings. The molecular formula is C75H84N6O11. The topological polar surface area (TPSA) is 148 Å². The molecule has 0 aromatic heterocycles. The van der Waals surface area contributed by atoms with Gasteiger partial charge in [0.1, 0.15) is 42.6 Å². The number of benzene rings is 8. The van der Waals surface area contributed by atoms with Gasteiger partial charge in [0.25, 0.3) is 0 Å². The van der Waals surface area contributed by atoms with E-state index in [4.69, 9.17) is 37.9 Å². The smallest absolute Gasteiger partial charge is 0.339 e. The Morgan fingerprint density at radius 3 is 1.25 bits per heavy atom. The lowest BCUT2D eigenvalue weighted by molar-refractivity contribution is 0.0178. The zero-order valence-corrected chi connectivity index (χ0v) is 54.4. The first kappa shape index (κ1) is 64.6. The summed E-state index contributed by atoms with van der Waals surface area (Å²) in [6, 6.07) is 55.1. The van der Waals surface area contributed by atoms with Gasteiger partial charge in [-0.3, -0.25) is 4.79 Å². The van der Waals surface area contributed by atoms with Crippen LogP contribution in [0.3, 0.4) is 0 Å². The fourth-order valence-corrected chi connectivity index (χ4v) is 13.3. The summed E-state index contributed by atoms with van der Waals surface area (Å²) in [5, 5.41) is 11.3. The van der Waals surface area contributed by atoms with Crippen LogP contribution in [0.4, 0.5) is 34.1 Å². The van der Waals surface area contributed by atoms with Gasteiger partial charge in [0.15, 0.2) is 6.29 Å². The highest BCUT2D eigenvalue weighted by atomic mass is 16.6. The SMILES string of the molecule is COCCOCCOCCOc1ccc(C2(c3ccc(OCCOCCOCCOC)c(C(=O)O)c3)c3cc(-c4ccc5c(c4)N(C)C(c4ccc(N(C)C)cc4)N5C)ccc3-c3ccc(-c4ccc5c(c4)N(C)C(c4ccc(N(C)C)cc4)N5C)cc32)cc1C=O. The summed E-state index contributed by atoms with van der Waals surface area (Å²) in [5.41, 5.74) is 17.1. The van der Waals surface area contributed by atoms with E-state index in [0.29, 0.717) is 69.7 Å². The lowest BCUT2D eigenvalue weighted by Crippen LogP contribution is -2.30. The molecule has 3 aliphatic rings. The van der Waals surface area contributed by atoms with E-state index in [1.54, 1.807) is 26.4 Å². The number of hydrogen-bond donors (Lipinski definition) is 1. The van der Waals surface area contributed by atoms with Crippen molar-refractivity contribution in [1.29, 1.82) is 0 Å². The van der Waals surface area contributed by atoms with Gasteiger partial charge >= 0.3 is 5.97 Å². The molecule has 92 heavy (non-hydrogen) atoms. The monoisotopic (exact) mass is 1240 g/mol. The fourth-order valence-electron chi connectivity index (χ4n) is 13.3. The van der Waals surface area contributed by atoms with Gasteiger partial charge in [-0.15, -0.1) is 0 Å². The number of carbonyl (C=O) groups excluding carboxylic acids is 1. The maximum atomic E-state index is 13.8. The minimum Gasteiger partial charge on any atom is -0.490 e. The quantitative estimate of drug-likeness (QED) is 0.0336. The second-order valence-electron chi connectivity index (χ2n) is 23.9. The van der Waals surface area contributed by atoms with Gasteiger partial charge < -0.3 is 72.4 Å². The first-order valence-corrected chi connectivity index (χ1v) is 31.2. The molecular weight excluding hydrogens is 1160 g/mol. The van der Waals surface area contributed by atoms with Crippen LogP contribution in [0.2, 0.25) is 0 Å². The molecule has 8 aromatic carbocycles. The molecule has 2 heterocycles. The van der Waals surface area contributed by atoms with Crippen molar-refractivity contribution in [1.82, 2.24) is 0 Å². The number of carboxylic acids is 1. The third-order valence-corrected chi connectivity index (χ3v) is 17.9. The number of carbonyl (C=O) groups is 2. The number of aldehydes is 1. The van der Waals surface area contributed by atoms with E-state index in [9.17, 15) is 14.7 Å².